The Kier molecular flexibility index (Phi) is 3.51. The molecule has 0 radical (unpaired) electrons. The molecule has 1 saturated carbocycles. The third-order valence-corrected chi connectivity index (χ3v) is 4.14. The van der Waals surface area contributed by atoms with Gasteiger partial charge in [-0.25, -0.2) is 4.98 Å². The van der Waals surface area contributed by atoms with Gasteiger partial charge in [-0.3, -0.25) is 9.36 Å². The SMILES string of the molecule is Cn1c(N)nc([C@H]2C[C@H]2c2cccc(CCO)c2)cc1=O. The number of nitrogens with zero attached hydrogens (tertiary/aromatic N) is 2. The standard InChI is InChI=1S/C16H19N3O2/c1-19-15(21)9-14(18-16(19)17)13-8-12(13)11-4-2-3-10(7-11)5-6-20/h2-4,7,9,12-13,20H,5-6,8H2,1H3,(H2,17,18)/t12-,13-/m0/s1. The Balaban J connectivity index is 1.83. The summed E-state index contributed by atoms with van der Waals surface area (Å²) in [6.07, 6.45) is 1.66. The van der Waals surface area contributed by atoms with E-state index < -0.39 is 0 Å². The van der Waals surface area contributed by atoms with E-state index in [2.05, 4.69) is 17.1 Å². The fourth-order valence-electron chi connectivity index (χ4n) is 2.76. The van der Waals surface area contributed by atoms with Crippen LogP contribution in [0.15, 0.2) is 35.1 Å². The Morgan fingerprint density at radius 1 is 1.38 bits per heavy atom. The molecule has 0 spiro atoms. The highest BCUT2D eigenvalue weighted by Crippen LogP contribution is 2.53. The van der Waals surface area contributed by atoms with Crippen molar-refractivity contribution in [1.29, 1.82) is 0 Å². The smallest absolute Gasteiger partial charge is 0.254 e. The molecule has 1 aromatic carbocycles. The molecular weight excluding hydrogens is 266 g/mol. The van der Waals surface area contributed by atoms with Crippen LogP contribution in [0.25, 0.3) is 0 Å². The van der Waals surface area contributed by atoms with Gasteiger partial charge in [-0.2, -0.15) is 0 Å². The van der Waals surface area contributed by atoms with E-state index in [0.29, 0.717) is 12.3 Å². The summed E-state index contributed by atoms with van der Waals surface area (Å²) in [6.45, 7) is 0.157. The fourth-order valence-corrected chi connectivity index (χ4v) is 2.76. The molecule has 3 rings (SSSR count). The van der Waals surface area contributed by atoms with Gasteiger partial charge in [0.15, 0.2) is 0 Å². The number of nitrogens with two attached hydrogens (primary N) is 1. The molecule has 1 aromatic heterocycles. The fraction of sp³-hybridized carbons (Fsp3) is 0.375. The van der Waals surface area contributed by atoms with Crippen molar-refractivity contribution in [1.82, 2.24) is 9.55 Å². The lowest BCUT2D eigenvalue weighted by Gasteiger charge is -2.06. The lowest BCUT2D eigenvalue weighted by molar-refractivity contribution is 0.299. The van der Waals surface area contributed by atoms with Gasteiger partial charge < -0.3 is 10.8 Å². The average Bonchev–Trinajstić information content (AvgIpc) is 3.25. The number of rotatable bonds is 4. The van der Waals surface area contributed by atoms with Crippen LogP contribution in [0.4, 0.5) is 5.95 Å². The van der Waals surface area contributed by atoms with E-state index in [-0.39, 0.29) is 24.0 Å². The highest BCUT2D eigenvalue weighted by atomic mass is 16.2. The first-order valence-electron chi connectivity index (χ1n) is 7.13. The van der Waals surface area contributed by atoms with E-state index in [1.807, 2.05) is 12.1 Å². The van der Waals surface area contributed by atoms with Gasteiger partial charge in [0.2, 0.25) is 5.95 Å². The second kappa shape index (κ2) is 5.33. The van der Waals surface area contributed by atoms with Gasteiger partial charge >= 0.3 is 0 Å². The molecule has 1 heterocycles. The van der Waals surface area contributed by atoms with Crippen LogP contribution >= 0.6 is 0 Å². The minimum Gasteiger partial charge on any atom is -0.396 e. The van der Waals surface area contributed by atoms with E-state index in [1.165, 1.54) is 10.1 Å². The third kappa shape index (κ3) is 2.69. The maximum atomic E-state index is 11.8. The lowest BCUT2D eigenvalue weighted by atomic mass is 10.0. The van der Waals surface area contributed by atoms with Gasteiger partial charge in [0.1, 0.15) is 0 Å². The van der Waals surface area contributed by atoms with Crippen molar-refractivity contribution in [2.24, 2.45) is 7.05 Å². The van der Waals surface area contributed by atoms with Crippen molar-refractivity contribution in [3.63, 3.8) is 0 Å². The molecule has 5 nitrogen and oxygen atoms in total. The van der Waals surface area contributed by atoms with Crippen molar-refractivity contribution in [2.75, 3.05) is 12.3 Å². The molecule has 2 aromatic rings. The normalized spacial score (nSPS) is 20.5. The molecule has 3 N–H and O–H groups in total. The van der Waals surface area contributed by atoms with Crippen molar-refractivity contribution in [2.45, 2.75) is 24.7 Å². The largest absolute Gasteiger partial charge is 0.396 e. The van der Waals surface area contributed by atoms with E-state index in [9.17, 15) is 4.79 Å². The Morgan fingerprint density at radius 2 is 2.19 bits per heavy atom. The van der Waals surface area contributed by atoms with Crippen LogP contribution in [0.5, 0.6) is 0 Å². The van der Waals surface area contributed by atoms with Crippen molar-refractivity contribution in [3.8, 4) is 0 Å². The lowest BCUT2D eigenvalue weighted by Crippen LogP contribution is -2.21. The molecule has 1 fully saturated rings. The Morgan fingerprint density at radius 3 is 2.90 bits per heavy atom. The number of aliphatic hydroxyl groups is 1. The van der Waals surface area contributed by atoms with Crippen LogP contribution < -0.4 is 11.3 Å². The molecule has 0 amide bonds. The van der Waals surface area contributed by atoms with Crippen LogP contribution in [0.3, 0.4) is 0 Å². The van der Waals surface area contributed by atoms with Crippen molar-refractivity contribution in [3.05, 3.63) is 57.5 Å². The summed E-state index contributed by atoms with van der Waals surface area (Å²) in [7, 11) is 1.62. The number of benzene rings is 1. The predicted octanol–water partition coefficient (Wildman–Crippen LogP) is 1.17. The number of aromatic nitrogens is 2. The zero-order valence-corrected chi connectivity index (χ0v) is 12.0. The van der Waals surface area contributed by atoms with Crippen molar-refractivity contribution >= 4 is 5.95 Å². The molecule has 0 bridgehead atoms. The monoisotopic (exact) mass is 285 g/mol. The minimum atomic E-state index is -0.114. The summed E-state index contributed by atoms with van der Waals surface area (Å²) in [5, 5.41) is 9.02. The predicted molar refractivity (Wildman–Crippen MR) is 81.2 cm³/mol. The van der Waals surface area contributed by atoms with Gasteiger partial charge in [-0.15, -0.1) is 0 Å². The quantitative estimate of drug-likeness (QED) is 0.883. The summed E-state index contributed by atoms with van der Waals surface area (Å²) in [5.74, 6) is 0.922. The second-order valence-electron chi connectivity index (χ2n) is 5.60. The van der Waals surface area contributed by atoms with Gasteiger partial charge in [-0.1, -0.05) is 24.3 Å². The third-order valence-electron chi connectivity index (χ3n) is 4.14. The molecule has 21 heavy (non-hydrogen) atoms. The summed E-state index contributed by atoms with van der Waals surface area (Å²) in [4.78, 5) is 16.1. The Labute approximate surface area is 123 Å². The number of aliphatic hydroxyl groups excluding tert-OH is 1. The molecule has 110 valence electrons. The first-order valence-corrected chi connectivity index (χ1v) is 7.13. The molecule has 1 aliphatic carbocycles. The average molecular weight is 285 g/mol. The van der Waals surface area contributed by atoms with Crippen LogP contribution in [0.2, 0.25) is 0 Å². The topological polar surface area (TPSA) is 81.1 Å². The second-order valence-corrected chi connectivity index (χ2v) is 5.60. The van der Waals surface area contributed by atoms with Crippen molar-refractivity contribution < 1.29 is 5.11 Å². The van der Waals surface area contributed by atoms with E-state index >= 15 is 0 Å². The van der Waals surface area contributed by atoms with Gasteiger partial charge in [0.25, 0.3) is 5.56 Å². The summed E-state index contributed by atoms with van der Waals surface area (Å²) >= 11 is 0. The zero-order valence-electron chi connectivity index (χ0n) is 12.0. The van der Waals surface area contributed by atoms with Gasteiger partial charge in [0, 0.05) is 25.6 Å². The van der Waals surface area contributed by atoms with E-state index in [0.717, 1.165) is 17.7 Å². The highest BCUT2D eigenvalue weighted by molar-refractivity contribution is 5.37. The van der Waals surface area contributed by atoms with E-state index in [1.54, 1.807) is 13.1 Å². The number of hydrogen-bond donors (Lipinski definition) is 2. The maximum absolute atomic E-state index is 11.8. The summed E-state index contributed by atoms with van der Waals surface area (Å²) in [5.41, 5.74) is 8.81. The molecule has 0 unspecified atom stereocenters. The van der Waals surface area contributed by atoms with Gasteiger partial charge in [0.05, 0.1) is 5.69 Å². The van der Waals surface area contributed by atoms with Crippen LogP contribution in [0, 0.1) is 0 Å². The molecule has 0 aliphatic heterocycles. The van der Waals surface area contributed by atoms with E-state index in [4.69, 9.17) is 10.8 Å². The van der Waals surface area contributed by atoms with Gasteiger partial charge in [-0.05, 0) is 29.9 Å². The minimum absolute atomic E-state index is 0.114. The zero-order chi connectivity index (χ0) is 15.0. The number of nitrogen functional groups attached to an aromatic ring is 1. The first kappa shape index (κ1) is 13.8. The molecule has 5 heteroatoms. The Bertz CT molecular complexity index is 724. The summed E-state index contributed by atoms with van der Waals surface area (Å²) < 4.78 is 1.35. The maximum Gasteiger partial charge on any atom is 0.254 e. The molecular formula is C16H19N3O2. The number of hydrogen-bond acceptors (Lipinski definition) is 4. The highest BCUT2D eigenvalue weighted by Gasteiger charge is 2.41. The molecule has 0 saturated heterocycles. The summed E-state index contributed by atoms with van der Waals surface area (Å²) in [6, 6.07) is 9.84. The van der Waals surface area contributed by atoms with Crippen LogP contribution in [-0.2, 0) is 13.5 Å². The first-order chi connectivity index (χ1) is 10.1. The molecule has 2 atom stereocenters. The molecule has 1 aliphatic rings. The Hall–Kier alpha value is -2.14. The number of anilines is 1. The van der Waals surface area contributed by atoms with Crippen LogP contribution in [-0.4, -0.2) is 21.3 Å². The van der Waals surface area contributed by atoms with Crippen LogP contribution in [0.1, 0.15) is 35.1 Å².